The van der Waals surface area contributed by atoms with Gasteiger partial charge in [0.25, 0.3) is 0 Å². The summed E-state index contributed by atoms with van der Waals surface area (Å²) in [6, 6.07) is 5.42. The van der Waals surface area contributed by atoms with E-state index in [9.17, 15) is 8.78 Å². The van der Waals surface area contributed by atoms with Crippen LogP contribution in [0.15, 0.2) is 18.2 Å². The average molecular weight is 243 g/mol. The van der Waals surface area contributed by atoms with Gasteiger partial charge in [-0.1, -0.05) is 0 Å². The number of hydrogen-bond acceptors (Lipinski definition) is 3. The lowest BCUT2D eigenvalue weighted by atomic mass is 9.93. The van der Waals surface area contributed by atoms with Crippen molar-refractivity contribution in [2.75, 3.05) is 12.4 Å². The van der Waals surface area contributed by atoms with E-state index < -0.39 is 6.61 Å². The van der Waals surface area contributed by atoms with Gasteiger partial charge in [-0.25, -0.2) is 0 Å². The summed E-state index contributed by atoms with van der Waals surface area (Å²) in [5.41, 5.74) is 0.783. The molecule has 1 aliphatic carbocycles. The molecule has 94 valence electrons. The highest BCUT2D eigenvalue weighted by atomic mass is 19.3. The molecule has 0 amide bonds. The second kappa shape index (κ2) is 5.21. The summed E-state index contributed by atoms with van der Waals surface area (Å²) in [6.07, 6.45) is 3.46. The molecule has 3 nitrogen and oxygen atoms in total. The van der Waals surface area contributed by atoms with Crippen molar-refractivity contribution in [3.63, 3.8) is 0 Å². The molecule has 0 spiro atoms. The summed E-state index contributed by atoms with van der Waals surface area (Å²) in [5, 5.41) is 3.26. The van der Waals surface area contributed by atoms with Gasteiger partial charge in [0.05, 0.1) is 7.11 Å². The second-order valence-corrected chi connectivity index (χ2v) is 4.02. The summed E-state index contributed by atoms with van der Waals surface area (Å²) in [5.74, 6) is 0.372. The Balaban J connectivity index is 2.11. The van der Waals surface area contributed by atoms with Crippen LogP contribution in [-0.4, -0.2) is 19.8 Å². The highest BCUT2D eigenvalue weighted by Crippen LogP contribution is 2.33. The predicted octanol–water partition coefficient (Wildman–Crippen LogP) is 3.26. The van der Waals surface area contributed by atoms with Crippen molar-refractivity contribution in [3.8, 4) is 11.5 Å². The Labute approximate surface area is 98.7 Å². The highest BCUT2D eigenvalue weighted by molar-refractivity contribution is 5.55. The number of benzene rings is 1. The smallest absolute Gasteiger partial charge is 0.387 e. The van der Waals surface area contributed by atoms with Crippen molar-refractivity contribution >= 4 is 5.69 Å². The maximum absolute atomic E-state index is 12.2. The minimum Gasteiger partial charge on any atom is -0.493 e. The highest BCUT2D eigenvalue weighted by Gasteiger charge is 2.18. The average Bonchev–Trinajstić information content (AvgIpc) is 2.23. The standard InChI is InChI=1S/C12H15F2NO2/c1-16-10-6-5-9(15-8-3-2-4-8)7-11(10)17-12(13)14/h5-8,12,15H,2-4H2,1H3. The molecule has 17 heavy (non-hydrogen) atoms. The van der Waals surface area contributed by atoms with E-state index in [0.717, 1.165) is 18.5 Å². The lowest BCUT2D eigenvalue weighted by Crippen LogP contribution is -2.26. The zero-order valence-corrected chi connectivity index (χ0v) is 9.58. The van der Waals surface area contributed by atoms with Crippen LogP contribution in [0.3, 0.4) is 0 Å². The third kappa shape index (κ3) is 2.99. The Morgan fingerprint density at radius 3 is 2.59 bits per heavy atom. The first kappa shape index (κ1) is 12.0. The molecule has 0 aromatic heterocycles. The van der Waals surface area contributed by atoms with Crippen molar-refractivity contribution in [1.29, 1.82) is 0 Å². The van der Waals surface area contributed by atoms with E-state index in [-0.39, 0.29) is 5.75 Å². The Morgan fingerprint density at radius 1 is 1.29 bits per heavy atom. The van der Waals surface area contributed by atoms with Crippen LogP contribution in [-0.2, 0) is 0 Å². The molecule has 5 heteroatoms. The number of alkyl halides is 2. The molecule has 2 rings (SSSR count). The Bertz CT molecular complexity index is 381. The third-order valence-electron chi connectivity index (χ3n) is 2.86. The Kier molecular flexibility index (Phi) is 3.66. The Hall–Kier alpha value is -1.52. The van der Waals surface area contributed by atoms with Crippen molar-refractivity contribution < 1.29 is 18.3 Å². The number of anilines is 1. The molecule has 1 aromatic carbocycles. The van der Waals surface area contributed by atoms with Crippen molar-refractivity contribution in [1.82, 2.24) is 0 Å². The fourth-order valence-corrected chi connectivity index (χ4v) is 1.74. The van der Waals surface area contributed by atoms with Crippen LogP contribution in [0.2, 0.25) is 0 Å². The zero-order valence-electron chi connectivity index (χ0n) is 9.58. The minimum absolute atomic E-state index is 0.0619. The monoisotopic (exact) mass is 243 g/mol. The van der Waals surface area contributed by atoms with Crippen molar-refractivity contribution in [2.45, 2.75) is 31.9 Å². The predicted molar refractivity (Wildman–Crippen MR) is 60.9 cm³/mol. The number of hydrogen-bond donors (Lipinski definition) is 1. The van der Waals surface area contributed by atoms with Gasteiger partial charge in [0.1, 0.15) is 0 Å². The molecule has 1 fully saturated rings. The third-order valence-corrected chi connectivity index (χ3v) is 2.86. The summed E-state index contributed by atoms with van der Waals surface area (Å²) in [6.45, 7) is -2.84. The molecule has 1 aliphatic rings. The van der Waals surface area contributed by atoms with Gasteiger partial charge in [-0.05, 0) is 31.4 Å². The van der Waals surface area contributed by atoms with E-state index in [4.69, 9.17) is 4.74 Å². The molecule has 1 N–H and O–H groups in total. The van der Waals surface area contributed by atoms with Gasteiger partial charge in [-0.15, -0.1) is 0 Å². The SMILES string of the molecule is COc1ccc(NC2CCC2)cc1OC(F)F. The van der Waals surface area contributed by atoms with Crippen molar-refractivity contribution in [3.05, 3.63) is 18.2 Å². The van der Waals surface area contributed by atoms with Gasteiger partial charge in [0.15, 0.2) is 11.5 Å². The molecule has 0 bridgehead atoms. The van der Waals surface area contributed by atoms with Gasteiger partial charge in [0.2, 0.25) is 0 Å². The number of nitrogens with one attached hydrogen (secondary N) is 1. The molecule has 1 saturated carbocycles. The van der Waals surface area contributed by atoms with Crippen LogP contribution in [0.4, 0.5) is 14.5 Å². The summed E-state index contributed by atoms with van der Waals surface area (Å²) in [4.78, 5) is 0. The van der Waals surface area contributed by atoms with Gasteiger partial charge in [-0.3, -0.25) is 0 Å². The second-order valence-electron chi connectivity index (χ2n) is 4.02. The van der Waals surface area contributed by atoms with Crippen molar-refractivity contribution in [2.24, 2.45) is 0 Å². The molecule has 0 aliphatic heterocycles. The maximum Gasteiger partial charge on any atom is 0.387 e. The van der Waals surface area contributed by atoms with Crippen LogP contribution in [0.1, 0.15) is 19.3 Å². The first-order valence-corrected chi connectivity index (χ1v) is 5.58. The molecule has 0 unspecified atom stereocenters. The fraction of sp³-hybridized carbons (Fsp3) is 0.500. The van der Waals surface area contributed by atoms with Crippen LogP contribution < -0.4 is 14.8 Å². The first-order valence-electron chi connectivity index (χ1n) is 5.58. The quantitative estimate of drug-likeness (QED) is 0.861. The minimum atomic E-state index is -2.84. The van der Waals surface area contributed by atoms with E-state index in [2.05, 4.69) is 10.1 Å². The van der Waals surface area contributed by atoms with Crippen LogP contribution in [0, 0.1) is 0 Å². The van der Waals surface area contributed by atoms with E-state index >= 15 is 0 Å². The maximum atomic E-state index is 12.2. The van der Waals surface area contributed by atoms with E-state index in [0.29, 0.717) is 11.8 Å². The summed E-state index contributed by atoms with van der Waals surface area (Å²) < 4.78 is 33.8. The molecular formula is C12H15F2NO2. The first-order chi connectivity index (χ1) is 8.19. The number of methoxy groups -OCH3 is 1. The lowest BCUT2D eigenvalue weighted by Gasteiger charge is -2.27. The summed E-state index contributed by atoms with van der Waals surface area (Å²) in [7, 11) is 1.42. The van der Waals surface area contributed by atoms with Crippen LogP contribution in [0.5, 0.6) is 11.5 Å². The number of rotatable bonds is 5. The normalized spacial score (nSPS) is 15.5. The molecule has 1 aromatic rings. The number of halogens is 2. The van der Waals surface area contributed by atoms with Gasteiger partial charge in [-0.2, -0.15) is 8.78 Å². The van der Waals surface area contributed by atoms with Gasteiger partial charge < -0.3 is 14.8 Å². The van der Waals surface area contributed by atoms with Gasteiger partial charge in [0, 0.05) is 17.8 Å². The van der Waals surface area contributed by atoms with E-state index in [1.165, 1.54) is 13.5 Å². The zero-order chi connectivity index (χ0) is 12.3. The lowest BCUT2D eigenvalue weighted by molar-refractivity contribution is -0.0511. The topological polar surface area (TPSA) is 30.5 Å². The van der Waals surface area contributed by atoms with Crippen LogP contribution in [0.25, 0.3) is 0 Å². The fourth-order valence-electron chi connectivity index (χ4n) is 1.74. The molecule has 0 atom stereocenters. The largest absolute Gasteiger partial charge is 0.493 e. The van der Waals surface area contributed by atoms with Gasteiger partial charge >= 0.3 is 6.61 Å². The summed E-state index contributed by atoms with van der Waals surface area (Å²) >= 11 is 0. The molecule has 0 saturated heterocycles. The van der Waals surface area contributed by atoms with E-state index in [1.54, 1.807) is 18.2 Å². The molecular weight excluding hydrogens is 228 g/mol. The van der Waals surface area contributed by atoms with Crippen LogP contribution >= 0.6 is 0 Å². The van der Waals surface area contributed by atoms with E-state index in [1.807, 2.05) is 0 Å². The Morgan fingerprint density at radius 2 is 2.06 bits per heavy atom. The molecule has 0 heterocycles. The molecule has 0 radical (unpaired) electrons. The number of ether oxygens (including phenoxy) is 2.